The molecule has 1 aliphatic rings. The Morgan fingerprint density at radius 2 is 2.14 bits per heavy atom. The Hall–Kier alpha value is -1.15. The van der Waals surface area contributed by atoms with E-state index in [1.165, 1.54) is 0 Å². The van der Waals surface area contributed by atoms with Gasteiger partial charge >= 0.3 is 0 Å². The largest absolute Gasteiger partial charge is 0.496 e. The number of ether oxygens (including phenoxy) is 1. The number of nitrogens with two attached hydrogens (primary N) is 1. The lowest BCUT2D eigenvalue weighted by atomic mass is 10.2. The highest BCUT2D eigenvalue weighted by molar-refractivity contribution is 7.89. The molecule has 1 aliphatic heterocycles. The van der Waals surface area contributed by atoms with E-state index in [0.717, 1.165) is 6.42 Å². The number of benzene rings is 1. The van der Waals surface area contributed by atoms with Gasteiger partial charge < -0.3 is 15.4 Å². The summed E-state index contributed by atoms with van der Waals surface area (Å²) in [5.74, 6) is 0.615. The van der Waals surface area contributed by atoms with Gasteiger partial charge in [-0.25, -0.2) is 8.42 Å². The molecule has 0 aliphatic carbocycles. The minimum absolute atomic E-state index is 0.243. The number of sulfonamides is 1. The molecule has 0 radical (unpaired) electrons. The van der Waals surface area contributed by atoms with Gasteiger partial charge in [-0.1, -0.05) is 0 Å². The molecule has 0 saturated carbocycles. The number of methoxy groups -OCH3 is 1. The van der Waals surface area contributed by atoms with Gasteiger partial charge in [-0.05, 0) is 38.7 Å². The molecule has 1 saturated heterocycles. The van der Waals surface area contributed by atoms with Gasteiger partial charge in [0.15, 0.2) is 0 Å². The molecule has 1 aromatic carbocycles. The van der Waals surface area contributed by atoms with Crippen LogP contribution < -0.4 is 10.5 Å². The number of hydrogen-bond donors (Lipinski definition) is 1. The van der Waals surface area contributed by atoms with E-state index in [4.69, 9.17) is 10.5 Å². The van der Waals surface area contributed by atoms with Crippen LogP contribution in [0.25, 0.3) is 0 Å². The fourth-order valence-electron chi connectivity index (χ4n) is 2.57. The van der Waals surface area contributed by atoms with E-state index in [2.05, 4.69) is 4.90 Å². The third kappa shape index (κ3) is 3.21. The second kappa shape index (κ2) is 6.31. The van der Waals surface area contributed by atoms with Crippen molar-refractivity contribution in [1.82, 2.24) is 9.21 Å². The van der Waals surface area contributed by atoms with Crippen LogP contribution in [0.2, 0.25) is 0 Å². The van der Waals surface area contributed by atoms with Gasteiger partial charge in [-0.3, -0.25) is 0 Å². The lowest BCUT2D eigenvalue weighted by molar-refractivity contribution is 0.302. The smallest absolute Gasteiger partial charge is 0.243 e. The first-order valence-electron chi connectivity index (χ1n) is 6.93. The quantitative estimate of drug-likeness (QED) is 0.855. The number of hydrogen-bond acceptors (Lipinski definition) is 5. The first kappa shape index (κ1) is 16.2. The number of rotatable bonds is 5. The van der Waals surface area contributed by atoms with Crippen molar-refractivity contribution in [3.8, 4) is 5.75 Å². The van der Waals surface area contributed by atoms with Crippen molar-refractivity contribution >= 4 is 10.0 Å². The van der Waals surface area contributed by atoms with E-state index in [1.807, 2.05) is 14.1 Å². The van der Waals surface area contributed by atoms with Crippen molar-refractivity contribution < 1.29 is 13.2 Å². The van der Waals surface area contributed by atoms with Crippen molar-refractivity contribution in [2.24, 2.45) is 5.73 Å². The molecule has 6 nitrogen and oxygen atoms in total. The Kier molecular flexibility index (Phi) is 4.88. The van der Waals surface area contributed by atoms with Crippen LogP contribution in [-0.4, -0.2) is 58.0 Å². The molecule has 0 spiro atoms. The van der Waals surface area contributed by atoms with E-state index in [-0.39, 0.29) is 17.5 Å². The summed E-state index contributed by atoms with van der Waals surface area (Å²) < 4.78 is 32.1. The average molecular weight is 313 g/mol. The van der Waals surface area contributed by atoms with Crippen molar-refractivity contribution in [3.05, 3.63) is 23.8 Å². The number of nitrogens with zero attached hydrogens (tertiary/aromatic N) is 2. The monoisotopic (exact) mass is 313 g/mol. The van der Waals surface area contributed by atoms with E-state index >= 15 is 0 Å². The first-order chi connectivity index (χ1) is 9.90. The van der Waals surface area contributed by atoms with E-state index in [9.17, 15) is 8.42 Å². The molecule has 0 amide bonds. The molecule has 2 rings (SSSR count). The zero-order valence-electron chi connectivity index (χ0n) is 12.7. The topological polar surface area (TPSA) is 75.9 Å². The van der Waals surface area contributed by atoms with Crippen molar-refractivity contribution in [2.45, 2.75) is 23.9 Å². The molecule has 1 unspecified atom stereocenters. The van der Waals surface area contributed by atoms with E-state index in [0.29, 0.717) is 24.4 Å². The molecule has 118 valence electrons. The standard InChI is InChI=1S/C14H23N3O3S/c1-16(2)12-6-7-17(10-12)21(18,19)13-4-5-14(20-3)11(8-13)9-15/h4-5,8,12H,6-7,9-10,15H2,1-3H3. The van der Waals surface area contributed by atoms with Gasteiger partial charge in [0.1, 0.15) is 5.75 Å². The third-order valence-corrected chi connectivity index (χ3v) is 5.83. The molecule has 2 N–H and O–H groups in total. The van der Waals surface area contributed by atoms with Crippen LogP contribution in [0.4, 0.5) is 0 Å². The zero-order chi connectivity index (χ0) is 15.6. The Bertz CT molecular complexity index is 601. The molecule has 21 heavy (non-hydrogen) atoms. The maximum atomic E-state index is 12.7. The summed E-state index contributed by atoms with van der Waals surface area (Å²) in [4.78, 5) is 2.35. The third-order valence-electron chi connectivity index (χ3n) is 3.97. The molecular formula is C14H23N3O3S. The van der Waals surface area contributed by atoms with Gasteiger partial charge in [0.05, 0.1) is 12.0 Å². The molecule has 1 atom stereocenters. The van der Waals surface area contributed by atoms with Crippen LogP contribution in [-0.2, 0) is 16.6 Å². The fourth-order valence-corrected chi connectivity index (χ4v) is 4.12. The maximum absolute atomic E-state index is 12.7. The molecule has 7 heteroatoms. The summed E-state index contributed by atoms with van der Waals surface area (Å²) in [5.41, 5.74) is 6.35. The molecular weight excluding hydrogens is 290 g/mol. The van der Waals surface area contributed by atoms with Crippen molar-refractivity contribution in [1.29, 1.82) is 0 Å². The van der Waals surface area contributed by atoms with Gasteiger partial charge in [-0.2, -0.15) is 4.31 Å². The molecule has 1 fully saturated rings. The minimum Gasteiger partial charge on any atom is -0.496 e. The number of likely N-dealkylation sites (N-methyl/N-ethyl adjacent to an activating group) is 1. The predicted molar refractivity (Wildman–Crippen MR) is 81.7 cm³/mol. The van der Waals surface area contributed by atoms with Crippen LogP contribution in [0.1, 0.15) is 12.0 Å². The Morgan fingerprint density at radius 1 is 1.43 bits per heavy atom. The van der Waals surface area contributed by atoms with Gasteiger partial charge in [-0.15, -0.1) is 0 Å². The van der Waals surface area contributed by atoms with Crippen molar-refractivity contribution in [3.63, 3.8) is 0 Å². The van der Waals surface area contributed by atoms with Gasteiger partial charge in [0, 0.05) is 31.2 Å². The van der Waals surface area contributed by atoms with Crippen LogP contribution in [0, 0.1) is 0 Å². The summed E-state index contributed by atoms with van der Waals surface area (Å²) in [7, 11) is 2.03. The normalized spacial score (nSPS) is 20.1. The van der Waals surface area contributed by atoms with Gasteiger partial charge in [0.2, 0.25) is 10.0 Å². The molecule has 0 bridgehead atoms. The SMILES string of the molecule is COc1ccc(S(=O)(=O)N2CCC(N(C)C)C2)cc1CN. The van der Waals surface area contributed by atoms with Crippen LogP contribution >= 0.6 is 0 Å². The highest BCUT2D eigenvalue weighted by Gasteiger charge is 2.33. The predicted octanol–water partition coefficient (Wildman–Crippen LogP) is 0.479. The first-order valence-corrected chi connectivity index (χ1v) is 8.37. The van der Waals surface area contributed by atoms with E-state index < -0.39 is 10.0 Å². The minimum atomic E-state index is -3.47. The summed E-state index contributed by atoms with van der Waals surface area (Å²) in [5, 5.41) is 0. The summed E-state index contributed by atoms with van der Waals surface area (Å²) in [6, 6.07) is 5.12. The van der Waals surface area contributed by atoms with Crippen molar-refractivity contribution in [2.75, 3.05) is 34.3 Å². The van der Waals surface area contributed by atoms with Gasteiger partial charge in [0.25, 0.3) is 0 Å². The van der Waals surface area contributed by atoms with Crippen LogP contribution in [0.3, 0.4) is 0 Å². The summed E-state index contributed by atoms with van der Waals surface area (Å²) >= 11 is 0. The lowest BCUT2D eigenvalue weighted by Gasteiger charge is -2.20. The van der Waals surface area contributed by atoms with Crippen LogP contribution in [0.5, 0.6) is 5.75 Å². The van der Waals surface area contributed by atoms with Crippen LogP contribution in [0.15, 0.2) is 23.1 Å². The zero-order valence-corrected chi connectivity index (χ0v) is 13.6. The summed E-state index contributed by atoms with van der Waals surface area (Å²) in [6.45, 7) is 1.32. The van der Waals surface area contributed by atoms with E-state index in [1.54, 1.807) is 29.6 Å². The Morgan fingerprint density at radius 3 is 2.67 bits per heavy atom. The second-order valence-electron chi connectivity index (χ2n) is 5.45. The highest BCUT2D eigenvalue weighted by atomic mass is 32.2. The fraction of sp³-hybridized carbons (Fsp3) is 0.571. The molecule has 0 aromatic heterocycles. The lowest BCUT2D eigenvalue weighted by Crippen LogP contribution is -2.34. The molecule has 1 aromatic rings. The Balaban J connectivity index is 2.28. The summed E-state index contributed by atoms with van der Waals surface area (Å²) in [6.07, 6.45) is 0.853. The molecule has 1 heterocycles. The average Bonchev–Trinajstić information content (AvgIpc) is 2.97. The maximum Gasteiger partial charge on any atom is 0.243 e. The second-order valence-corrected chi connectivity index (χ2v) is 7.38. The highest BCUT2D eigenvalue weighted by Crippen LogP contribution is 2.27. The Labute approximate surface area is 126 Å².